The van der Waals surface area contributed by atoms with Crippen LogP contribution in [0, 0.1) is 0 Å². The van der Waals surface area contributed by atoms with Gasteiger partial charge in [0.25, 0.3) is 0 Å². The van der Waals surface area contributed by atoms with E-state index in [0.717, 1.165) is 12.1 Å². The maximum atomic E-state index is 11.5. The van der Waals surface area contributed by atoms with Crippen molar-refractivity contribution in [1.29, 1.82) is 0 Å². The molecule has 0 saturated heterocycles. The second-order valence-corrected chi connectivity index (χ2v) is 4.37. The van der Waals surface area contributed by atoms with Gasteiger partial charge in [-0.2, -0.15) is 0 Å². The number of hydrogen-bond donors (Lipinski definition) is 2. The molecule has 3 N–H and O–H groups in total. The molecule has 0 amide bonds. The molecule has 2 unspecified atom stereocenters. The lowest BCUT2D eigenvalue weighted by Crippen LogP contribution is -2.40. The van der Waals surface area contributed by atoms with Gasteiger partial charge in [-0.15, -0.1) is 0 Å². The first-order chi connectivity index (χ1) is 8.65. The fraction of sp³-hybridized carbons (Fsp3) is 0.462. The quantitative estimate of drug-likeness (QED) is 0.793. The number of fused-ring (bicyclic) bond motifs is 1. The van der Waals surface area contributed by atoms with E-state index in [0.29, 0.717) is 17.9 Å². The van der Waals surface area contributed by atoms with Gasteiger partial charge in [-0.05, 0) is 38.1 Å². The highest BCUT2D eigenvalue weighted by Crippen LogP contribution is 2.33. The topological polar surface area (TPSA) is 73.6 Å². The standard InChI is InChI=1S/C13H18N2O3/c1-8-11(5-6-14)18-12-7-9(13(16)17-2)3-4-10(12)15-8/h3-4,7-8,11,15H,5-6,14H2,1-2H3. The number of carbonyl (C=O) groups excluding carboxylic acids is 1. The lowest BCUT2D eigenvalue weighted by molar-refractivity contribution is 0.0599. The first kappa shape index (κ1) is 12.7. The highest BCUT2D eigenvalue weighted by atomic mass is 16.5. The van der Waals surface area contributed by atoms with Crippen molar-refractivity contribution in [2.75, 3.05) is 19.0 Å². The molecule has 0 spiro atoms. The van der Waals surface area contributed by atoms with Crippen LogP contribution in [-0.2, 0) is 4.74 Å². The Morgan fingerprint density at radius 1 is 1.56 bits per heavy atom. The molecule has 0 aromatic heterocycles. The molecule has 1 aliphatic heterocycles. The van der Waals surface area contributed by atoms with Crippen molar-refractivity contribution in [2.45, 2.75) is 25.5 Å². The van der Waals surface area contributed by atoms with Crippen molar-refractivity contribution < 1.29 is 14.3 Å². The summed E-state index contributed by atoms with van der Waals surface area (Å²) >= 11 is 0. The summed E-state index contributed by atoms with van der Waals surface area (Å²) in [6, 6.07) is 5.45. The van der Waals surface area contributed by atoms with Crippen LogP contribution in [0.25, 0.3) is 0 Å². The number of carbonyl (C=O) groups is 1. The van der Waals surface area contributed by atoms with Crippen molar-refractivity contribution in [3.8, 4) is 5.75 Å². The zero-order valence-corrected chi connectivity index (χ0v) is 10.6. The van der Waals surface area contributed by atoms with Crippen molar-refractivity contribution in [2.24, 2.45) is 5.73 Å². The van der Waals surface area contributed by atoms with Crippen LogP contribution in [-0.4, -0.2) is 31.8 Å². The van der Waals surface area contributed by atoms with E-state index in [1.807, 2.05) is 6.07 Å². The average molecular weight is 250 g/mol. The molecule has 0 fully saturated rings. The minimum absolute atomic E-state index is 0.0235. The maximum Gasteiger partial charge on any atom is 0.337 e. The second kappa shape index (κ2) is 5.27. The lowest BCUT2D eigenvalue weighted by Gasteiger charge is -2.33. The Balaban J connectivity index is 2.25. The normalized spacial score (nSPS) is 21.5. The molecule has 98 valence electrons. The summed E-state index contributed by atoms with van der Waals surface area (Å²) in [5.74, 6) is 0.310. The van der Waals surface area contributed by atoms with Gasteiger partial charge in [-0.1, -0.05) is 0 Å². The summed E-state index contributed by atoms with van der Waals surface area (Å²) in [6.45, 7) is 2.63. The van der Waals surface area contributed by atoms with Crippen LogP contribution in [0.1, 0.15) is 23.7 Å². The molecule has 2 rings (SSSR count). The van der Waals surface area contributed by atoms with E-state index in [1.54, 1.807) is 12.1 Å². The predicted molar refractivity (Wildman–Crippen MR) is 69.0 cm³/mol. The average Bonchev–Trinajstić information content (AvgIpc) is 2.38. The molecule has 1 aliphatic rings. The Bertz CT molecular complexity index is 448. The highest BCUT2D eigenvalue weighted by molar-refractivity contribution is 5.90. The highest BCUT2D eigenvalue weighted by Gasteiger charge is 2.26. The second-order valence-electron chi connectivity index (χ2n) is 4.37. The van der Waals surface area contributed by atoms with E-state index in [-0.39, 0.29) is 18.1 Å². The van der Waals surface area contributed by atoms with Crippen LogP contribution >= 0.6 is 0 Å². The molecular formula is C13H18N2O3. The maximum absolute atomic E-state index is 11.5. The molecule has 1 aromatic rings. The summed E-state index contributed by atoms with van der Waals surface area (Å²) < 4.78 is 10.6. The van der Waals surface area contributed by atoms with Gasteiger partial charge in [0.2, 0.25) is 0 Å². The van der Waals surface area contributed by atoms with Crippen molar-refractivity contribution >= 4 is 11.7 Å². The predicted octanol–water partition coefficient (Wildman–Crippen LogP) is 1.38. The van der Waals surface area contributed by atoms with Crippen LogP contribution in [0.4, 0.5) is 5.69 Å². The van der Waals surface area contributed by atoms with Crippen LogP contribution < -0.4 is 15.8 Å². The first-order valence-electron chi connectivity index (χ1n) is 6.01. The van der Waals surface area contributed by atoms with Gasteiger partial charge in [0.1, 0.15) is 11.9 Å². The summed E-state index contributed by atoms with van der Waals surface area (Å²) in [5, 5.41) is 3.35. The smallest absolute Gasteiger partial charge is 0.337 e. The zero-order valence-electron chi connectivity index (χ0n) is 10.6. The monoisotopic (exact) mass is 250 g/mol. The summed E-state index contributed by atoms with van der Waals surface area (Å²) in [4.78, 5) is 11.5. The van der Waals surface area contributed by atoms with Crippen molar-refractivity contribution in [1.82, 2.24) is 0 Å². The molecule has 0 saturated carbocycles. The SMILES string of the molecule is COC(=O)c1ccc2c(c1)OC(CCN)C(C)N2. The minimum atomic E-state index is -0.365. The van der Waals surface area contributed by atoms with Gasteiger partial charge in [-0.3, -0.25) is 0 Å². The molecule has 1 aromatic carbocycles. The van der Waals surface area contributed by atoms with E-state index in [1.165, 1.54) is 7.11 Å². The Labute approximate surface area is 106 Å². The Morgan fingerprint density at radius 3 is 3.00 bits per heavy atom. The van der Waals surface area contributed by atoms with E-state index >= 15 is 0 Å². The van der Waals surface area contributed by atoms with Crippen LogP contribution in [0.3, 0.4) is 0 Å². The fourth-order valence-corrected chi connectivity index (χ4v) is 2.06. The molecule has 0 bridgehead atoms. The van der Waals surface area contributed by atoms with Gasteiger partial charge < -0.3 is 20.5 Å². The number of rotatable bonds is 3. The van der Waals surface area contributed by atoms with E-state index in [2.05, 4.69) is 17.0 Å². The van der Waals surface area contributed by atoms with Crippen molar-refractivity contribution in [3.05, 3.63) is 23.8 Å². The number of ether oxygens (including phenoxy) is 2. The van der Waals surface area contributed by atoms with E-state index < -0.39 is 0 Å². The molecule has 0 radical (unpaired) electrons. The number of esters is 1. The zero-order chi connectivity index (χ0) is 13.1. The lowest BCUT2D eigenvalue weighted by atomic mass is 10.1. The van der Waals surface area contributed by atoms with E-state index in [9.17, 15) is 4.79 Å². The molecule has 1 heterocycles. The molecular weight excluding hydrogens is 232 g/mol. The van der Waals surface area contributed by atoms with Crippen LogP contribution in [0.15, 0.2) is 18.2 Å². The first-order valence-corrected chi connectivity index (χ1v) is 6.01. The van der Waals surface area contributed by atoms with Gasteiger partial charge in [0, 0.05) is 0 Å². The van der Waals surface area contributed by atoms with E-state index in [4.69, 9.17) is 10.5 Å². The van der Waals surface area contributed by atoms with Crippen LogP contribution in [0.2, 0.25) is 0 Å². The van der Waals surface area contributed by atoms with Gasteiger partial charge >= 0.3 is 5.97 Å². The Kier molecular flexibility index (Phi) is 3.72. The summed E-state index contributed by atoms with van der Waals surface area (Å²) in [5.41, 5.74) is 6.94. The number of nitrogens with one attached hydrogen (secondary N) is 1. The molecule has 5 nitrogen and oxygen atoms in total. The third-order valence-corrected chi connectivity index (χ3v) is 3.07. The molecule has 18 heavy (non-hydrogen) atoms. The largest absolute Gasteiger partial charge is 0.486 e. The number of methoxy groups -OCH3 is 1. The number of hydrogen-bond acceptors (Lipinski definition) is 5. The van der Waals surface area contributed by atoms with Crippen molar-refractivity contribution in [3.63, 3.8) is 0 Å². The number of benzene rings is 1. The fourth-order valence-electron chi connectivity index (χ4n) is 2.06. The Hall–Kier alpha value is -1.75. The van der Waals surface area contributed by atoms with Gasteiger partial charge in [0.05, 0.1) is 24.4 Å². The van der Waals surface area contributed by atoms with Crippen LogP contribution in [0.5, 0.6) is 5.75 Å². The molecule has 2 atom stereocenters. The minimum Gasteiger partial charge on any atom is -0.486 e. The summed E-state index contributed by atoms with van der Waals surface area (Å²) in [7, 11) is 1.36. The third kappa shape index (κ3) is 2.41. The summed E-state index contributed by atoms with van der Waals surface area (Å²) in [6.07, 6.45) is 0.797. The van der Waals surface area contributed by atoms with Gasteiger partial charge in [-0.25, -0.2) is 4.79 Å². The molecule has 0 aliphatic carbocycles. The Morgan fingerprint density at radius 2 is 2.33 bits per heavy atom. The molecule has 5 heteroatoms. The number of anilines is 1. The van der Waals surface area contributed by atoms with Gasteiger partial charge in [0.15, 0.2) is 0 Å². The third-order valence-electron chi connectivity index (χ3n) is 3.07. The number of nitrogens with two attached hydrogens (primary N) is 1.